The molecule has 0 spiro atoms. The van der Waals surface area contributed by atoms with E-state index < -0.39 is 0 Å². The Morgan fingerprint density at radius 1 is 1.26 bits per heavy atom. The summed E-state index contributed by atoms with van der Waals surface area (Å²) in [4.78, 5) is 11.8. The van der Waals surface area contributed by atoms with Crippen LogP contribution >= 0.6 is 0 Å². The number of anilines is 1. The summed E-state index contributed by atoms with van der Waals surface area (Å²) in [6, 6.07) is 7.47. The molecule has 0 saturated heterocycles. The second-order valence-corrected chi connectivity index (χ2v) is 5.40. The molecule has 4 nitrogen and oxygen atoms in total. The highest BCUT2D eigenvalue weighted by atomic mass is 16.5. The first-order valence-electron chi connectivity index (χ1n) is 6.69. The molecule has 1 rings (SSSR count). The van der Waals surface area contributed by atoms with E-state index in [1.807, 2.05) is 31.2 Å². The minimum atomic E-state index is -0.0103. The molecule has 0 radical (unpaired) electrons. The number of rotatable bonds is 6. The molecule has 0 fully saturated rings. The summed E-state index contributed by atoms with van der Waals surface area (Å²) >= 11 is 0. The molecule has 0 aliphatic rings. The number of carbonyl (C=O) groups is 1. The van der Waals surface area contributed by atoms with Crippen molar-refractivity contribution in [3.05, 3.63) is 24.3 Å². The third kappa shape index (κ3) is 6.25. The number of amides is 1. The van der Waals surface area contributed by atoms with Crippen LogP contribution in [-0.2, 0) is 4.79 Å². The first-order valence-corrected chi connectivity index (χ1v) is 6.69. The standard InChI is InChI=1S/C15H24N2O2/c1-5-19-13-9-7-6-8-12(13)17-14(18)10-11-16-15(2,3)4/h6-9,16H,5,10-11H2,1-4H3,(H,17,18). The van der Waals surface area contributed by atoms with E-state index >= 15 is 0 Å². The molecule has 1 amide bonds. The van der Waals surface area contributed by atoms with Gasteiger partial charge in [-0.1, -0.05) is 12.1 Å². The zero-order valence-electron chi connectivity index (χ0n) is 12.2. The van der Waals surface area contributed by atoms with E-state index in [0.717, 1.165) is 5.69 Å². The zero-order valence-corrected chi connectivity index (χ0v) is 12.2. The van der Waals surface area contributed by atoms with Gasteiger partial charge in [0.1, 0.15) is 5.75 Å². The van der Waals surface area contributed by atoms with Crippen LogP contribution in [0, 0.1) is 0 Å². The molecule has 1 aromatic rings. The lowest BCUT2D eigenvalue weighted by Gasteiger charge is -2.20. The second kappa shape index (κ2) is 7.14. The van der Waals surface area contributed by atoms with Crippen molar-refractivity contribution < 1.29 is 9.53 Å². The van der Waals surface area contributed by atoms with Crippen LogP contribution in [0.25, 0.3) is 0 Å². The van der Waals surface area contributed by atoms with Crippen molar-refractivity contribution in [2.45, 2.75) is 39.7 Å². The van der Waals surface area contributed by atoms with E-state index in [1.165, 1.54) is 0 Å². The Balaban J connectivity index is 2.48. The Morgan fingerprint density at radius 3 is 2.58 bits per heavy atom. The minimum Gasteiger partial charge on any atom is -0.492 e. The summed E-state index contributed by atoms with van der Waals surface area (Å²) in [5.41, 5.74) is 0.758. The van der Waals surface area contributed by atoms with Crippen LogP contribution in [0.2, 0.25) is 0 Å². The maximum Gasteiger partial charge on any atom is 0.225 e. The van der Waals surface area contributed by atoms with Crippen LogP contribution in [0.15, 0.2) is 24.3 Å². The van der Waals surface area contributed by atoms with Gasteiger partial charge in [0, 0.05) is 18.5 Å². The fraction of sp³-hybridized carbons (Fsp3) is 0.533. The van der Waals surface area contributed by atoms with Crippen LogP contribution in [0.1, 0.15) is 34.1 Å². The SMILES string of the molecule is CCOc1ccccc1NC(=O)CCNC(C)(C)C. The van der Waals surface area contributed by atoms with Gasteiger partial charge in [-0.2, -0.15) is 0 Å². The average Bonchev–Trinajstić information content (AvgIpc) is 2.30. The first-order chi connectivity index (χ1) is 8.92. The Bertz CT molecular complexity index is 411. The maximum atomic E-state index is 11.8. The lowest BCUT2D eigenvalue weighted by Crippen LogP contribution is -2.37. The monoisotopic (exact) mass is 264 g/mol. The Morgan fingerprint density at radius 2 is 1.95 bits per heavy atom. The van der Waals surface area contributed by atoms with Crippen molar-refractivity contribution >= 4 is 11.6 Å². The lowest BCUT2D eigenvalue weighted by atomic mass is 10.1. The van der Waals surface area contributed by atoms with Crippen molar-refractivity contribution in [3.8, 4) is 5.75 Å². The molecule has 106 valence electrons. The highest BCUT2D eigenvalue weighted by Gasteiger charge is 2.11. The lowest BCUT2D eigenvalue weighted by molar-refractivity contribution is -0.116. The number of para-hydroxylation sites is 2. The van der Waals surface area contributed by atoms with Crippen molar-refractivity contribution in [2.24, 2.45) is 0 Å². The highest BCUT2D eigenvalue weighted by molar-refractivity contribution is 5.92. The highest BCUT2D eigenvalue weighted by Crippen LogP contribution is 2.23. The van der Waals surface area contributed by atoms with Gasteiger partial charge in [-0.3, -0.25) is 4.79 Å². The molecule has 0 atom stereocenters. The molecule has 0 aromatic heterocycles. The number of nitrogens with one attached hydrogen (secondary N) is 2. The quantitative estimate of drug-likeness (QED) is 0.830. The summed E-state index contributed by atoms with van der Waals surface area (Å²) in [7, 11) is 0. The summed E-state index contributed by atoms with van der Waals surface area (Å²) in [6.07, 6.45) is 0.442. The largest absolute Gasteiger partial charge is 0.492 e. The van der Waals surface area contributed by atoms with Gasteiger partial charge in [0.2, 0.25) is 5.91 Å². The molecule has 0 aliphatic heterocycles. The van der Waals surface area contributed by atoms with Gasteiger partial charge in [0.25, 0.3) is 0 Å². The molecule has 0 unspecified atom stereocenters. The molecular formula is C15H24N2O2. The molecule has 0 heterocycles. The van der Waals surface area contributed by atoms with Gasteiger partial charge in [-0.05, 0) is 39.8 Å². The van der Waals surface area contributed by atoms with Crippen molar-refractivity contribution in [1.82, 2.24) is 5.32 Å². The van der Waals surface area contributed by atoms with E-state index in [4.69, 9.17) is 4.74 Å². The predicted octanol–water partition coefficient (Wildman–Crippen LogP) is 2.80. The molecular weight excluding hydrogens is 240 g/mol. The van der Waals surface area contributed by atoms with E-state index in [2.05, 4.69) is 31.4 Å². The number of carbonyl (C=O) groups excluding carboxylic acids is 1. The van der Waals surface area contributed by atoms with Gasteiger partial charge >= 0.3 is 0 Å². The fourth-order valence-corrected chi connectivity index (χ4v) is 1.62. The van der Waals surface area contributed by atoms with Gasteiger partial charge in [-0.25, -0.2) is 0 Å². The predicted molar refractivity (Wildman–Crippen MR) is 78.6 cm³/mol. The summed E-state index contributed by atoms with van der Waals surface area (Å²) in [6.45, 7) is 9.40. The number of ether oxygens (including phenoxy) is 1. The normalized spacial score (nSPS) is 11.2. The van der Waals surface area contributed by atoms with Crippen LogP contribution in [0.5, 0.6) is 5.75 Å². The van der Waals surface area contributed by atoms with Crippen molar-refractivity contribution in [2.75, 3.05) is 18.5 Å². The molecule has 19 heavy (non-hydrogen) atoms. The third-order valence-corrected chi connectivity index (χ3v) is 2.47. The summed E-state index contributed by atoms with van der Waals surface area (Å²) in [5, 5.41) is 6.16. The van der Waals surface area contributed by atoms with Crippen LogP contribution < -0.4 is 15.4 Å². The summed E-state index contributed by atoms with van der Waals surface area (Å²) < 4.78 is 5.47. The molecule has 4 heteroatoms. The molecule has 1 aromatic carbocycles. The molecule has 0 aliphatic carbocycles. The van der Waals surface area contributed by atoms with Crippen LogP contribution in [0.3, 0.4) is 0 Å². The molecule has 0 bridgehead atoms. The smallest absolute Gasteiger partial charge is 0.225 e. The van der Waals surface area contributed by atoms with Gasteiger partial charge in [0.15, 0.2) is 0 Å². The van der Waals surface area contributed by atoms with Crippen molar-refractivity contribution in [1.29, 1.82) is 0 Å². The van der Waals surface area contributed by atoms with Crippen molar-refractivity contribution in [3.63, 3.8) is 0 Å². The Hall–Kier alpha value is -1.55. The van der Waals surface area contributed by atoms with E-state index in [1.54, 1.807) is 0 Å². The van der Waals surface area contributed by atoms with Crippen LogP contribution in [0.4, 0.5) is 5.69 Å². The number of hydrogen-bond donors (Lipinski definition) is 2. The zero-order chi connectivity index (χ0) is 14.3. The minimum absolute atomic E-state index is 0.0103. The van der Waals surface area contributed by atoms with Gasteiger partial charge in [-0.15, -0.1) is 0 Å². The average molecular weight is 264 g/mol. The summed E-state index contributed by atoms with van der Waals surface area (Å²) in [5.74, 6) is 0.700. The molecule has 0 saturated carbocycles. The van der Waals surface area contributed by atoms with E-state index in [-0.39, 0.29) is 11.4 Å². The third-order valence-electron chi connectivity index (χ3n) is 2.47. The number of hydrogen-bond acceptors (Lipinski definition) is 3. The van der Waals surface area contributed by atoms with E-state index in [9.17, 15) is 4.79 Å². The maximum absolute atomic E-state index is 11.8. The van der Waals surface area contributed by atoms with E-state index in [0.29, 0.717) is 25.3 Å². The fourth-order valence-electron chi connectivity index (χ4n) is 1.62. The van der Waals surface area contributed by atoms with Gasteiger partial charge < -0.3 is 15.4 Å². The first kappa shape index (κ1) is 15.5. The Kier molecular flexibility index (Phi) is 5.83. The molecule has 2 N–H and O–H groups in total. The second-order valence-electron chi connectivity index (χ2n) is 5.40. The topological polar surface area (TPSA) is 50.4 Å². The van der Waals surface area contributed by atoms with Gasteiger partial charge in [0.05, 0.1) is 12.3 Å². The number of benzene rings is 1. The Labute approximate surface area is 115 Å². The van der Waals surface area contributed by atoms with Crippen LogP contribution in [-0.4, -0.2) is 24.6 Å².